The molecule has 2 atom stereocenters. The van der Waals surface area contributed by atoms with Crippen molar-refractivity contribution in [2.24, 2.45) is 0 Å². The molecule has 0 aliphatic carbocycles. The zero-order chi connectivity index (χ0) is 17.2. The first kappa shape index (κ1) is 17.2. The van der Waals surface area contributed by atoms with Gasteiger partial charge in [-0.05, 0) is 31.2 Å². The van der Waals surface area contributed by atoms with Gasteiger partial charge in [-0.3, -0.25) is 9.88 Å². The summed E-state index contributed by atoms with van der Waals surface area (Å²) in [7, 11) is 2.12. The van der Waals surface area contributed by atoms with Crippen molar-refractivity contribution in [3.05, 3.63) is 30.1 Å². The predicted octanol–water partition coefficient (Wildman–Crippen LogP) is 1.47. The van der Waals surface area contributed by atoms with Gasteiger partial charge < -0.3 is 15.0 Å². The quantitative estimate of drug-likeness (QED) is 0.911. The number of hydrogen-bond donors (Lipinski definition) is 1. The lowest BCUT2D eigenvalue weighted by Crippen LogP contribution is -2.61. The maximum absolute atomic E-state index is 12.6. The van der Waals surface area contributed by atoms with Crippen LogP contribution in [-0.4, -0.2) is 72.8 Å². The van der Waals surface area contributed by atoms with Gasteiger partial charge in [0.25, 0.3) is 0 Å². The van der Waals surface area contributed by atoms with Crippen molar-refractivity contribution in [2.45, 2.75) is 37.8 Å². The Hall–Kier alpha value is -1.66. The van der Waals surface area contributed by atoms with Gasteiger partial charge in [-0.25, -0.2) is 4.79 Å². The van der Waals surface area contributed by atoms with Crippen molar-refractivity contribution in [3.8, 4) is 0 Å². The van der Waals surface area contributed by atoms with Crippen molar-refractivity contribution in [2.75, 3.05) is 39.8 Å². The number of hydrogen-bond acceptors (Lipinski definition) is 4. The Morgan fingerprint density at radius 1 is 1.38 bits per heavy atom. The Kier molecular flexibility index (Phi) is 5.06. The van der Waals surface area contributed by atoms with Gasteiger partial charge in [-0.1, -0.05) is 13.8 Å². The third-order valence-electron chi connectivity index (χ3n) is 5.29. The molecular formula is C18H28N4O2. The van der Waals surface area contributed by atoms with Crippen LogP contribution in [0, 0.1) is 0 Å². The summed E-state index contributed by atoms with van der Waals surface area (Å²) in [5.74, 6) is 0. The average Bonchev–Trinajstić information content (AvgIpc) is 2.60. The van der Waals surface area contributed by atoms with Crippen LogP contribution in [0.25, 0.3) is 0 Å². The molecule has 2 saturated heterocycles. The second-order valence-electron chi connectivity index (χ2n) is 7.47. The number of nitrogens with zero attached hydrogens (tertiary/aromatic N) is 3. The van der Waals surface area contributed by atoms with Crippen LogP contribution in [0.2, 0.25) is 0 Å². The highest BCUT2D eigenvalue weighted by Crippen LogP contribution is 2.23. The minimum absolute atomic E-state index is 0.0227. The molecule has 1 aromatic heterocycles. The lowest BCUT2D eigenvalue weighted by Gasteiger charge is -2.45. The van der Waals surface area contributed by atoms with Gasteiger partial charge in [0.15, 0.2) is 0 Å². The van der Waals surface area contributed by atoms with Crippen LogP contribution in [0.3, 0.4) is 0 Å². The standard InChI is InChI=1S/C18H28N4O2/c1-18(2,14-4-7-19-8-5-14)13-20-17(23)22-9-6-16-15(12-22)21(3)10-11-24-16/h4-5,7-8,15-16H,6,9-13H2,1-3H3,(H,20,23)/t15-,16+/m0/s1. The lowest BCUT2D eigenvalue weighted by molar-refractivity contribution is -0.0881. The Bertz CT molecular complexity index is 563. The lowest BCUT2D eigenvalue weighted by atomic mass is 9.85. The minimum Gasteiger partial charge on any atom is -0.375 e. The molecule has 2 aliphatic rings. The summed E-state index contributed by atoms with van der Waals surface area (Å²) in [6, 6.07) is 4.35. The number of likely N-dealkylation sites (N-methyl/N-ethyl adjacent to an activating group) is 1. The van der Waals surface area contributed by atoms with E-state index in [1.165, 1.54) is 5.56 Å². The number of urea groups is 1. The molecule has 6 heteroatoms. The number of fused-ring (bicyclic) bond motifs is 1. The van der Waals surface area contributed by atoms with Gasteiger partial charge in [0.1, 0.15) is 0 Å². The summed E-state index contributed by atoms with van der Waals surface area (Å²) in [5.41, 5.74) is 1.05. The number of nitrogens with one attached hydrogen (secondary N) is 1. The molecule has 0 saturated carbocycles. The third-order valence-corrected chi connectivity index (χ3v) is 5.29. The largest absolute Gasteiger partial charge is 0.375 e. The van der Waals surface area contributed by atoms with Gasteiger partial charge in [0.2, 0.25) is 0 Å². The van der Waals surface area contributed by atoms with Gasteiger partial charge in [0.05, 0.1) is 18.8 Å². The highest BCUT2D eigenvalue weighted by molar-refractivity contribution is 5.74. The van der Waals surface area contributed by atoms with E-state index in [2.05, 4.69) is 36.1 Å². The highest BCUT2D eigenvalue weighted by Gasteiger charge is 2.37. The average molecular weight is 332 g/mol. The van der Waals surface area contributed by atoms with Crippen LogP contribution in [0.5, 0.6) is 0 Å². The van der Waals surface area contributed by atoms with Crippen molar-refractivity contribution in [3.63, 3.8) is 0 Å². The van der Waals surface area contributed by atoms with E-state index >= 15 is 0 Å². The molecule has 0 radical (unpaired) electrons. The second-order valence-corrected chi connectivity index (χ2v) is 7.47. The third kappa shape index (κ3) is 3.70. The molecule has 0 spiro atoms. The first-order valence-corrected chi connectivity index (χ1v) is 8.72. The number of morpholine rings is 1. The fraction of sp³-hybridized carbons (Fsp3) is 0.667. The van der Waals surface area contributed by atoms with E-state index in [0.29, 0.717) is 12.6 Å². The normalized spacial score (nSPS) is 25.2. The molecule has 132 valence electrons. The van der Waals surface area contributed by atoms with E-state index in [4.69, 9.17) is 4.74 Å². The number of likely N-dealkylation sites (tertiary alicyclic amines) is 1. The molecule has 2 fully saturated rings. The van der Waals surface area contributed by atoms with E-state index < -0.39 is 0 Å². The first-order chi connectivity index (χ1) is 11.5. The molecule has 2 aliphatic heterocycles. The number of rotatable bonds is 3. The van der Waals surface area contributed by atoms with Gasteiger partial charge >= 0.3 is 6.03 Å². The highest BCUT2D eigenvalue weighted by atomic mass is 16.5. The summed E-state index contributed by atoms with van der Waals surface area (Å²) in [4.78, 5) is 20.9. The molecule has 0 unspecified atom stereocenters. The summed E-state index contributed by atoms with van der Waals surface area (Å²) in [5, 5.41) is 3.11. The van der Waals surface area contributed by atoms with Crippen molar-refractivity contribution < 1.29 is 9.53 Å². The molecule has 0 aromatic carbocycles. The maximum atomic E-state index is 12.6. The van der Waals surface area contributed by atoms with Gasteiger partial charge in [-0.2, -0.15) is 0 Å². The SMILES string of the molecule is CN1CCO[C@@H]2CCN(C(=O)NCC(C)(C)c3ccncc3)C[C@@H]21. The van der Waals surface area contributed by atoms with Gasteiger partial charge in [-0.15, -0.1) is 0 Å². The number of piperidine rings is 1. The van der Waals surface area contributed by atoms with E-state index in [0.717, 1.165) is 32.7 Å². The number of aromatic nitrogens is 1. The molecule has 3 heterocycles. The van der Waals surface area contributed by atoms with E-state index in [-0.39, 0.29) is 17.6 Å². The van der Waals surface area contributed by atoms with Crippen LogP contribution < -0.4 is 5.32 Å². The fourth-order valence-corrected chi connectivity index (χ4v) is 3.54. The molecule has 1 aromatic rings. The summed E-state index contributed by atoms with van der Waals surface area (Å²) in [6.45, 7) is 8.11. The first-order valence-electron chi connectivity index (χ1n) is 8.72. The second kappa shape index (κ2) is 7.07. The van der Waals surface area contributed by atoms with Crippen LogP contribution in [-0.2, 0) is 10.2 Å². The van der Waals surface area contributed by atoms with Crippen molar-refractivity contribution >= 4 is 6.03 Å². The van der Waals surface area contributed by atoms with Crippen LogP contribution in [0.4, 0.5) is 4.79 Å². The number of carbonyl (C=O) groups excluding carboxylic acids is 1. The Balaban J connectivity index is 1.55. The Morgan fingerprint density at radius 2 is 2.12 bits per heavy atom. The Labute approximate surface area is 144 Å². The zero-order valence-corrected chi connectivity index (χ0v) is 14.9. The molecule has 0 bridgehead atoms. The molecule has 2 amide bonds. The number of carbonyl (C=O) groups is 1. The topological polar surface area (TPSA) is 57.7 Å². The van der Waals surface area contributed by atoms with E-state index in [9.17, 15) is 4.79 Å². The van der Waals surface area contributed by atoms with Crippen molar-refractivity contribution in [1.29, 1.82) is 0 Å². The molecule has 6 nitrogen and oxygen atoms in total. The smallest absolute Gasteiger partial charge is 0.317 e. The van der Waals surface area contributed by atoms with E-state index in [1.807, 2.05) is 17.0 Å². The van der Waals surface area contributed by atoms with Gasteiger partial charge in [0, 0.05) is 44.0 Å². The summed E-state index contributed by atoms with van der Waals surface area (Å²) < 4.78 is 5.85. The molecule has 3 rings (SSSR count). The maximum Gasteiger partial charge on any atom is 0.317 e. The fourth-order valence-electron chi connectivity index (χ4n) is 3.54. The summed E-state index contributed by atoms with van der Waals surface area (Å²) >= 11 is 0. The molecule has 24 heavy (non-hydrogen) atoms. The predicted molar refractivity (Wildman–Crippen MR) is 93.0 cm³/mol. The van der Waals surface area contributed by atoms with Crippen LogP contribution in [0.15, 0.2) is 24.5 Å². The number of pyridine rings is 1. The Morgan fingerprint density at radius 3 is 2.88 bits per heavy atom. The van der Waals surface area contributed by atoms with E-state index in [1.54, 1.807) is 12.4 Å². The molecular weight excluding hydrogens is 304 g/mol. The summed E-state index contributed by atoms with van der Waals surface area (Å²) in [6.07, 6.45) is 4.77. The molecule has 1 N–H and O–H groups in total. The number of amides is 2. The van der Waals surface area contributed by atoms with Crippen LogP contribution >= 0.6 is 0 Å². The number of ether oxygens (including phenoxy) is 1. The van der Waals surface area contributed by atoms with Crippen LogP contribution in [0.1, 0.15) is 25.8 Å². The monoisotopic (exact) mass is 332 g/mol. The minimum atomic E-state index is -0.123. The van der Waals surface area contributed by atoms with Crippen molar-refractivity contribution in [1.82, 2.24) is 20.1 Å². The zero-order valence-electron chi connectivity index (χ0n) is 14.9.